The normalized spacial score (nSPS) is 20.1. The Morgan fingerprint density at radius 3 is 2.72 bits per heavy atom. The average molecular weight is 449 g/mol. The van der Waals surface area contributed by atoms with Crippen molar-refractivity contribution in [1.29, 1.82) is 0 Å². The molecule has 1 aromatic carbocycles. The fraction of sp³-hybridized carbons (Fsp3) is 0.667. The zero-order valence-corrected chi connectivity index (χ0v) is 19.4. The van der Waals surface area contributed by atoms with Gasteiger partial charge in [0.1, 0.15) is 13.2 Å². The fourth-order valence-electron chi connectivity index (χ4n) is 4.33. The summed E-state index contributed by atoms with van der Waals surface area (Å²) in [7, 11) is 2.09. The van der Waals surface area contributed by atoms with Crippen LogP contribution in [0.4, 0.5) is 9.18 Å². The lowest BCUT2D eigenvalue weighted by molar-refractivity contribution is -0.118. The second-order valence-electron chi connectivity index (χ2n) is 9.00. The molecule has 0 radical (unpaired) electrons. The second kappa shape index (κ2) is 12.2. The van der Waals surface area contributed by atoms with Crippen LogP contribution < -0.4 is 15.4 Å². The van der Waals surface area contributed by atoms with Crippen molar-refractivity contribution in [2.24, 2.45) is 0 Å². The maximum absolute atomic E-state index is 14.2. The van der Waals surface area contributed by atoms with Crippen LogP contribution in [-0.4, -0.2) is 67.6 Å². The summed E-state index contributed by atoms with van der Waals surface area (Å²) < 4.78 is 20.0. The number of urea groups is 1. The van der Waals surface area contributed by atoms with Gasteiger partial charge in [0.2, 0.25) is 5.91 Å². The van der Waals surface area contributed by atoms with Gasteiger partial charge in [-0.3, -0.25) is 10.1 Å². The molecule has 3 amide bonds. The van der Waals surface area contributed by atoms with Gasteiger partial charge in [-0.1, -0.05) is 25.3 Å². The van der Waals surface area contributed by atoms with E-state index >= 15 is 0 Å². The van der Waals surface area contributed by atoms with E-state index in [1.165, 1.54) is 12.5 Å². The van der Waals surface area contributed by atoms with Gasteiger partial charge in [-0.25, -0.2) is 9.18 Å². The molecular weight excluding hydrogens is 411 g/mol. The topological polar surface area (TPSA) is 73.9 Å². The highest BCUT2D eigenvalue weighted by Crippen LogP contribution is 2.24. The number of amides is 3. The monoisotopic (exact) mass is 448 g/mol. The molecule has 178 valence electrons. The number of imide groups is 1. The number of benzene rings is 1. The number of carbonyl (C=O) groups is 2. The number of nitrogens with zero attached hydrogens (tertiary/aromatic N) is 2. The third-order valence-electron chi connectivity index (χ3n) is 6.48. The molecule has 2 atom stereocenters. The Hall–Kier alpha value is -2.19. The van der Waals surface area contributed by atoms with Crippen LogP contribution in [0.25, 0.3) is 0 Å². The van der Waals surface area contributed by atoms with Crippen molar-refractivity contribution in [3.8, 4) is 5.75 Å². The van der Waals surface area contributed by atoms with Gasteiger partial charge in [0.15, 0.2) is 11.6 Å². The smallest absolute Gasteiger partial charge is 0.324 e. The third-order valence-corrected chi connectivity index (χ3v) is 6.48. The SMILES string of the molecule is C[C@@H](NCCCCCCCN1CC(=O)NC1=O)c1ccc(F)c(OC[C@@H]2CCCN2C)c1. The number of halogens is 1. The van der Waals surface area contributed by atoms with E-state index in [4.69, 9.17) is 4.74 Å². The lowest BCUT2D eigenvalue weighted by Gasteiger charge is -2.21. The molecule has 0 unspecified atom stereocenters. The zero-order valence-electron chi connectivity index (χ0n) is 19.4. The average Bonchev–Trinajstić information content (AvgIpc) is 3.32. The minimum Gasteiger partial charge on any atom is -0.489 e. The summed E-state index contributed by atoms with van der Waals surface area (Å²) in [5.41, 5.74) is 1.03. The number of likely N-dealkylation sites (tertiary alicyclic amines) is 1. The van der Waals surface area contributed by atoms with Gasteiger partial charge in [0.25, 0.3) is 0 Å². The van der Waals surface area contributed by atoms with Crippen LogP contribution in [0.1, 0.15) is 63.5 Å². The van der Waals surface area contributed by atoms with Gasteiger partial charge in [-0.15, -0.1) is 0 Å². The number of ether oxygens (including phenoxy) is 1. The summed E-state index contributed by atoms with van der Waals surface area (Å²) in [4.78, 5) is 26.5. The maximum atomic E-state index is 14.2. The van der Waals surface area contributed by atoms with Gasteiger partial charge in [0, 0.05) is 18.6 Å². The molecule has 2 fully saturated rings. The molecule has 2 saturated heterocycles. The van der Waals surface area contributed by atoms with E-state index in [0.717, 1.165) is 57.2 Å². The minimum absolute atomic E-state index is 0.123. The van der Waals surface area contributed by atoms with Gasteiger partial charge in [-0.2, -0.15) is 0 Å². The van der Waals surface area contributed by atoms with Gasteiger partial charge in [-0.05, 0) is 70.4 Å². The van der Waals surface area contributed by atoms with Crippen molar-refractivity contribution >= 4 is 11.9 Å². The Bertz CT molecular complexity index is 776. The highest BCUT2D eigenvalue weighted by molar-refractivity contribution is 6.01. The largest absolute Gasteiger partial charge is 0.489 e. The number of likely N-dealkylation sites (N-methyl/N-ethyl adjacent to an activating group) is 1. The molecule has 0 spiro atoms. The predicted molar refractivity (Wildman–Crippen MR) is 122 cm³/mol. The summed E-state index contributed by atoms with van der Waals surface area (Å²) in [6, 6.07) is 5.35. The molecule has 0 saturated carbocycles. The number of rotatable bonds is 13. The first kappa shape index (κ1) is 24.5. The van der Waals surface area contributed by atoms with Crippen molar-refractivity contribution in [2.45, 2.75) is 64.0 Å². The van der Waals surface area contributed by atoms with E-state index in [2.05, 4.69) is 29.5 Å². The Morgan fingerprint density at radius 2 is 2.00 bits per heavy atom. The molecule has 2 heterocycles. The standard InChI is InChI=1S/C24H37FN4O3/c1-18(26-12-6-4-3-5-7-14-29-16-23(30)27-24(29)31)19-10-11-21(25)22(15-19)32-17-20-9-8-13-28(20)2/h10-11,15,18,20,26H,3-9,12-14,16-17H2,1-2H3,(H,27,30,31)/t18-,20+/m1/s1. The number of carbonyl (C=O) groups excluding carboxylic acids is 2. The van der Waals surface area contributed by atoms with Crippen LogP contribution in [0, 0.1) is 5.82 Å². The summed E-state index contributed by atoms with van der Waals surface area (Å²) in [5, 5.41) is 5.81. The molecule has 8 heteroatoms. The predicted octanol–water partition coefficient (Wildman–Crippen LogP) is 3.45. The first-order valence-corrected chi connectivity index (χ1v) is 11.9. The van der Waals surface area contributed by atoms with Crippen molar-refractivity contribution in [2.75, 3.05) is 39.8 Å². The molecule has 0 aromatic heterocycles. The number of unbranched alkanes of at least 4 members (excludes halogenated alkanes) is 4. The highest BCUT2D eigenvalue weighted by atomic mass is 19.1. The number of hydrogen-bond donors (Lipinski definition) is 2. The second-order valence-corrected chi connectivity index (χ2v) is 9.00. The quantitative estimate of drug-likeness (QED) is 0.357. The van der Waals surface area contributed by atoms with Crippen LogP contribution >= 0.6 is 0 Å². The molecule has 2 aliphatic rings. The number of hydrogen-bond acceptors (Lipinski definition) is 5. The minimum atomic E-state index is -0.308. The summed E-state index contributed by atoms with van der Waals surface area (Å²) in [6.45, 7) is 5.41. The Labute approximate surface area is 190 Å². The third kappa shape index (κ3) is 7.17. The molecule has 7 nitrogen and oxygen atoms in total. The molecule has 2 aliphatic heterocycles. The molecule has 0 aliphatic carbocycles. The van der Waals surface area contributed by atoms with Crippen LogP contribution in [0.2, 0.25) is 0 Å². The zero-order chi connectivity index (χ0) is 22.9. The summed E-state index contributed by atoms with van der Waals surface area (Å²) in [6.07, 6.45) is 7.50. The summed E-state index contributed by atoms with van der Waals surface area (Å²) in [5.74, 6) is -0.182. The molecule has 32 heavy (non-hydrogen) atoms. The first-order valence-electron chi connectivity index (χ1n) is 11.9. The molecule has 0 bridgehead atoms. The van der Waals surface area contributed by atoms with E-state index in [9.17, 15) is 14.0 Å². The van der Waals surface area contributed by atoms with Gasteiger partial charge < -0.3 is 19.9 Å². The molecule has 1 aromatic rings. The van der Waals surface area contributed by atoms with Crippen molar-refractivity contribution in [1.82, 2.24) is 20.4 Å². The van der Waals surface area contributed by atoms with Crippen molar-refractivity contribution in [3.63, 3.8) is 0 Å². The maximum Gasteiger partial charge on any atom is 0.324 e. The fourth-order valence-corrected chi connectivity index (χ4v) is 4.33. The Morgan fingerprint density at radius 1 is 1.22 bits per heavy atom. The van der Waals surface area contributed by atoms with Crippen LogP contribution in [0.15, 0.2) is 18.2 Å². The van der Waals surface area contributed by atoms with E-state index < -0.39 is 0 Å². The van der Waals surface area contributed by atoms with E-state index in [0.29, 0.717) is 24.9 Å². The van der Waals surface area contributed by atoms with Crippen molar-refractivity contribution < 1.29 is 18.7 Å². The molecule has 2 N–H and O–H groups in total. The van der Waals surface area contributed by atoms with E-state index in [1.54, 1.807) is 4.90 Å². The lowest BCUT2D eigenvalue weighted by atomic mass is 10.1. The Balaban J connectivity index is 1.29. The highest BCUT2D eigenvalue weighted by Gasteiger charge is 2.25. The molecular formula is C24H37FN4O3. The number of nitrogens with one attached hydrogen (secondary N) is 2. The van der Waals surface area contributed by atoms with E-state index in [1.807, 2.05) is 12.1 Å². The first-order chi connectivity index (χ1) is 15.4. The van der Waals surface area contributed by atoms with Crippen LogP contribution in [0.5, 0.6) is 5.75 Å². The van der Waals surface area contributed by atoms with Crippen molar-refractivity contribution in [3.05, 3.63) is 29.6 Å². The van der Waals surface area contributed by atoms with Crippen LogP contribution in [0.3, 0.4) is 0 Å². The van der Waals surface area contributed by atoms with E-state index in [-0.39, 0.29) is 30.3 Å². The van der Waals surface area contributed by atoms with Gasteiger partial charge in [0.05, 0.1) is 0 Å². The summed E-state index contributed by atoms with van der Waals surface area (Å²) >= 11 is 0. The van der Waals surface area contributed by atoms with Gasteiger partial charge >= 0.3 is 6.03 Å². The Kier molecular flexibility index (Phi) is 9.29. The lowest BCUT2D eigenvalue weighted by Crippen LogP contribution is -2.30. The molecule has 3 rings (SSSR count). The van der Waals surface area contributed by atoms with Crippen LogP contribution in [-0.2, 0) is 4.79 Å².